The Balaban J connectivity index is 2.32. The number of aromatic nitrogens is 1. The number of hydrogen-bond acceptors (Lipinski definition) is 2. The van der Waals surface area contributed by atoms with Crippen molar-refractivity contribution in [3.63, 3.8) is 0 Å². The second-order valence-electron chi connectivity index (χ2n) is 4.78. The maximum absolute atomic E-state index is 14.0. The van der Waals surface area contributed by atoms with Gasteiger partial charge in [-0.2, -0.15) is 13.2 Å². The molecule has 0 bridgehead atoms. The van der Waals surface area contributed by atoms with E-state index in [4.69, 9.17) is 5.73 Å². The van der Waals surface area contributed by atoms with Gasteiger partial charge in [0.05, 0.1) is 5.56 Å². The fourth-order valence-corrected chi connectivity index (χ4v) is 2.11. The molecule has 0 aliphatic heterocycles. The number of alkyl halides is 3. The van der Waals surface area contributed by atoms with Gasteiger partial charge in [-0.1, -0.05) is 18.2 Å². The molecule has 112 valence electrons. The first-order chi connectivity index (χ1) is 9.80. The minimum atomic E-state index is -4.74. The van der Waals surface area contributed by atoms with Crippen LogP contribution in [-0.2, 0) is 12.6 Å². The Morgan fingerprint density at radius 2 is 1.90 bits per heavy atom. The highest BCUT2D eigenvalue weighted by atomic mass is 19.4. The maximum atomic E-state index is 14.0. The van der Waals surface area contributed by atoms with Crippen molar-refractivity contribution < 1.29 is 17.6 Å². The molecular formula is C15H14F4N2. The van der Waals surface area contributed by atoms with Gasteiger partial charge in [0.15, 0.2) is 0 Å². The molecule has 1 aromatic carbocycles. The SMILES string of the molecule is Cc1cccnc1CC(N)c1cccc(C(F)(F)F)c1F. The minimum absolute atomic E-state index is 0.158. The highest BCUT2D eigenvalue weighted by molar-refractivity contribution is 5.31. The molecule has 0 saturated carbocycles. The van der Waals surface area contributed by atoms with Crippen LogP contribution in [0.5, 0.6) is 0 Å². The number of rotatable bonds is 3. The van der Waals surface area contributed by atoms with Crippen molar-refractivity contribution in [2.75, 3.05) is 0 Å². The first kappa shape index (κ1) is 15.4. The Morgan fingerprint density at radius 1 is 1.19 bits per heavy atom. The molecule has 1 atom stereocenters. The lowest BCUT2D eigenvalue weighted by molar-refractivity contribution is -0.140. The lowest BCUT2D eigenvalue weighted by atomic mass is 9.98. The van der Waals surface area contributed by atoms with Gasteiger partial charge in [-0.15, -0.1) is 0 Å². The van der Waals surface area contributed by atoms with Gasteiger partial charge in [-0.3, -0.25) is 4.98 Å². The molecule has 0 saturated heterocycles. The van der Waals surface area contributed by atoms with Gasteiger partial charge in [0.1, 0.15) is 5.82 Å². The summed E-state index contributed by atoms with van der Waals surface area (Å²) in [5.41, 5.74) is 5.91. The molecule has 1 unspecified atom stereocenters. The van der Waals surface area contributed by atoms with E-state index in [1.807, 2.05) is 13.0 Å². The summed E-state index contributed by atoms with van der Waals surface area (Å²) in [5, 5.41) is 0. The van der Waals surface area contributed by atoms with E-state index in [1.54, 1.807) is 12.3 Å². The van der Waals surface area contributed by atoms with E-state index in [-0.39, 0.29) is 12.0 Å². The van der Waals surface area contributed by atoms with Crippen molar-refractivity contribution >= 4 is 0 Å². The molecule has 2 N–H and O–H groups in total. The van der Waals surface area contributed by atoms with Crippen LogP contribution in [-0.4, -0.2) is 4.98 Å². The molecule has 2 rings (SSSR count). The average Bonchev–Trinajstić information content (AvgIpc) is 2.40. The Bertz CT molecular complexity index is 638. The Hall–Kier alpha value is -1.95. The van der Waals surface area contributed by atoms with Crippen LogP contribution in [0, 0.1) is 12.7 Å². The molecule has 1 aromatic heterocycles. The summed E-state index contributed by atoms with van der Waals surface area (Å²) < 4.78 is 52.1. The molecule has 0 aliphatic rings. The first-order valence-corrected chi connectivity index (χ1v) is 6.32. The van der Waals surface area contributed by atoms with E-state index in [1.165, 1.54) is 6.07 Å². The van der Waals surface area contributed by atoms with E-state index in [9.17, 15) is 17.6 Å². The van der Waals surface area contributed by atoms with Crippen LogP contribution in [0.2, 0.25) is 0 Å². The largest absolute Gasteiger partial charge is 0.419 e. The molecule has 0 radical (unpaired) electrons. The van der Waals surface area contributed by atoms with Crippen molar-refractivity contribution in [3.05, 3.63) is 64.7 Å². The van der Waals surface area contributed by atoms with Crippen LogP contribution in [0.25, 0.3) is 0 Å². The average molecular weight is 298 g/mol. The quantitative estimate of drug-likeness (QED) is 0.876. The number of aryl methyl sites for hydroxylation is 1. The molecular weight excluding hydrogens is 284 g/mol. The Kier molecular flexibility index (Phi) is 4.27. The maximum Gasteiger partial charge on any atom is 0.419 e. The fraction of sp³-hybridized carbons (Fsp3) is 0.267. The van der Waals surface area contributed by atoms with Crippen LogP contribution >= 0.6 is 0 Å². The minimum Gasteiger partial charge on any atom is -0.324 e. The normalized spacial score (nSPS) is 13.2. The van der Waals surface area contributed by atoms with Crippen molar-refractivity contribution in [1.29, 1.82) is 0 Å². The van der Waals surface area contributed by atoms with Gasteiger partial charge < -0.3 is 5.73 Å². The lowest BCUT2D eigenvalue weighted by Gasteiger charge is -2.16. The van der Waals surface area contributed by atoms with E-state index in [0.717, 1.165) is 11.6 Å². The molecule has 2 aromatic rings. The van der Waals surface area contributed by atoms with Gasteiger partial charge in [0.2, 0.25) is 0 Å². The highest BCUT2D eigenvalue weighted by Crippen LogP contribution is 2.34. The number of nitrogens with two attached hydrogens (primary N) is 1. The van der Waals surface area contributed by atoms with Crippen molar-refractivity contribution in [2.24, 2.45) is 5.73 Å². The van der Waals surface area contributed by atoms with Crippen molar-refractivity contribution in [1.82, 2.24) is 4.98 Å². The molecule has 6 heteroatoms. The van der Waals surface area contributed by atoms with Crippen LogP contribution < -0.4 is 5.73 Å². The highest BCUT2D eigenvalue weighted by Gasteiger charge is 2.35. The van der Waals surface area contributed by atoms with E-state index >= 15 is 0 Å². The summed E-state index contributed by atoms with van der Waals surface area (Å²) in [7, 11) is 0. The summed E-state index contributed by atoms with van der Waals surface area (Å²) in [6, 6.07) is 5.81. The van der Waals surface area contributed by atoms with Gasteiger partial charge in [0, 0.05) is 29.9 Å². The summed E-state index contributed by atoms with van der Waals surface area (Å²) in [6.07, 6.45) is -3.00. The number of halogens is 4. The monoisotopic (exact) mass is 298 g/mol. The number of nitrogens with zero attached hydrogens (tertiary/aromatic N) is 1. The van der Waals surface area contributed by atoms with Crippen LogP contribution in [0.1, 0.15) is 28.4 Å². The molecule has 1 heterocycles. The molecule has 2 nitrogen and oxygen atoms in total. The zero-order chi connectivity index (χ0) is 15.6. The summed E-state index contributed by atoms with van der Waals surface area (Å²) in [6.45, 7) is 1.82. The number of pyridine rings is 1. The van der Waals surface area contributed by atoms with Gasteiger partial charge in [-0.05, 0) is 24.6 Å². The molecule has 0 fully saturated rings. The zero-order valence-electron chi connectivity index (χ0n) is 11.3. The lowest BCUT2D eigenvalue weighted by Crippen LogP contribution is -2.19. The third kappa shape index (κ3) is 3.39. The molecule has 0 spiro atoms. The topological polar surface area (TPSA) is 38.9 Å². The summed E-state index contributed by atoms with van der Waals surface area (Å²) >= 11 is 0. The second kappa shape index (κ2) is 5.81. The predicted octanol–water partition coefficient (Wildman–Crippen LogP) is 3.79. The number of hydrogen-bond donors (Lipinski definition) is 1. The third-order valence-corrected chi connectivity index (χ3v) is 3.26. The van der Waals surface area contributed by atoms with Crippen LogP contribution in [0.3, 0.4) is 0 Å². The molecule has 0 amide bonds. The summed E-state index contributed by atoms with van der Waals surface area (Å²) in [4.78, 5) is 4.12. The van der Waals surface area contributed by atoms with E-state index in [2.05, 4.69) is 4.98 Å². The van der Waals surface area contributed by atoms with Gasteiger partial charge in [-0.25, -0.2) is 4.39 Å². The molecule has 0 aliphatic carbocycles. The summed E-state index contributed by atoms with van der Waals surface area (Å²) in [5.74, 6) is -1.31. The standard InChI is InChI=1S/C15H14F4N2/c1-9-4-3-7-21-13(9)8-12(20)10-5-2-6-11(14(10)16)15(17,18)19/h2-7,12H,8,20H2,1H3. The van der Waals surface area contributed by atoms with Crippen LogP contribution in [0.4, 0.5) is 17.6 Å². The zero-order valence-corrected chi connectivity index (χ0v) is 11.3. The van der Waals surface area contributed by atoms with E-state index in [0.29, 0.717) is 11.8 Å². The fourth-order valence-electron chi connectivity index (χ4n) is 2.11. The third-order valence-electron chi connectivity index (χ3n) is 3.26. The molecule has 21 heavy (non-hydrogen) atoms. The van der Waals surface area contributed by atoms with E-state index < -0.39 is 23.6 Å². The van der Waals surface area contributed by atoms with Crippen molar-refractivity contribution in [2.45, 2.75) is 25.6 Å². The Morgan fingerprint density at radius 3 is 2.52 bits per heavy atom. The number of benzene rings is 1. The predicted molar refractivity (Wildman–Crippen MR) is 71.0 cm³/mol. The first-order valence-electron chi connectivity index (χ1n) is 6.32. The second-order valence-corrected chi connectivity index (χ2v) is 4.78. The van der Waals surface area contributed by atoms with Gasteiger partial charge in [0.25, 0.3) is 0 Å². The van der Waals surface area contributed by atoms with Crippen LogP contribution in [0.15, 0.2) is 36.5 Å². The van der Waals surface area contributed by atoms with Gasteiger partial charge >= 0.3 is 6.18 Å². The van der Waals surface area contributed by atoms with Crippen molar-refractivity contribution in [3.8, 4) is 0 Å². The smallest absolute Gasteiger partial charge is 0.324 e. The Labute approximate surface area is 119 Å².